The molecule has 1 amide bonds. The van der Waals surface area contributed by atoms with Gasteiger partial charge in [-0.1, -0.05) is 0 Å². The number of carboxylic acid groups (broad SMARTS) is 1. The third kappa shape index (κ3) is 2.28. The molecule has 8 heteroatoms. The molecular formula is C13H19N5O3. The van der Waals surface area contributed by atoms with E-state index in [4.69, 9.17) is 0 Å². The SMILES string of the molecule is CC1(C)CCC(C(=O)O)N1C(=O)C1CCc2nnnn2C1. The van der Waals surface area contributed by atoms with Gasteiger partial charge < -0.3 is 10.0 Å². The maximum Gasteiger partial charge on any atom is 0.326 e. The summed E-state index contributed by atoms with van der Waals surface area (Å²) in [5, 5.41) is 20.7. The van der Waals surface area contributed by atoms with E-state index >= 15 is 0 Å². The number of rotatable bonds is 2. The van der Waals surface area contributed by atoms with Gasteiger partial charge in [-0.3, -0.25) is 4.79 Å². The average Bonchev–Trinajstić information content (AvgIpc) is 3.00. The quantitative estimate of drug-likeness (QED) is 0.829. The van der Waals surface area contributed by atoms with E-state index in [0.717, 1.165) is 5.82 Å². The molecule has 8 nitrogen and oxygen atoms in total. The summed E-state index contributed by atoms with van der Waals surface area (Å²) >= 11 is 0. The van der Waals surface area contributed by atoms with Crippen LogP contribution in [0.25, 0.3) is 0 Å². The Bertz CT molecular complexity index is 582. The van der Waals surface area contributed by atoms with Gasteiger partial charge in [0.2, 0.25) is 5.91 Å². The van der Waals surface area contributed by atoms with Gasteiger partial charge in [0, 0.05) is 12.0 Å². The van der Waals surface area contributed by atoms with Crippen LogP contribution in [-0.2, 0) is 22.6 Å². The van der Waals surface area contributed by atoms with Gasteiger partial charge in [0.1, 0.15) is 6.04 Å². The standard InChI is InChI=1S/C13H19N5O3/c1-13(2)6-5-9(12(20)21)18(13)11(19)8-3-4-10-14-15-16-17(10)7-8/h8-9H,3-7H2,1-2H3,(H,20,21). The molecule has 3 heterocycles. The third-order valence-electron chi connectivity index (χ3n) is 4.58. The number of fused-ring (bicyclic) bond motifs is 1. The van der Waals surface area contributed by atoms with Crippen molar-refractivity contribution in [2.75, 3.05) is 0 Å². The van der Waals surface area contributed by atoms with Crippen molar-refractivity contribution in [1.82, 2.24) is 25.1 Å². The van der Waals surface area contributed by atoms with Crippen molar-refractivity contribution in [2.24, 2.45) is 5.92 Å². The van der Waals surface area contributed by atoms with E-state index in [1.807, 2.05) is 13.8 Å². The van der Waals surface area contributed by atoms with Crippen LogP contribution in [0, 0.1) is 5.92 Å². The second-order valence-electron chi connectivity index (χ2n) is 6.43. The van der Waals surface area contributed by atoms with Crippen LogP contribution in [0.15, 0.2) is 0 Å². The van der Waals surface area contributed by atoms with E-state index in [9.17, 15) is 14.7 Å². The first-order valence-corrected chi connectivity index (χ1v) is 7.21. The van der Waals surface area contributed by atoms with Crippen molar-refractivity contribution in [1.29, 1.82) is 0 Å². The second-order valence-corrected chi connectivity index (χ2v) is 6.43. The van der Waals surface area contributed by atoms with E-state index in [0.29, 0.717) is 32.2 Å². The number of aromatic nitrogens is 4. The van der Waals surface area contributed by atoms with E-state index in [1.165, 1.54) is 0 Å². The largest absolute Gasteiger partial charge is 0.480 e. The van der Waals surface area contributed by atoms with Crippen molar-refractivity contribution in [3.63, 3.8) is 0 Å². The summed E-state index contributed by atoms with van der Waals surface area (Å²) in [4.78, 5) is 25.8. The van der Waals surface area contributed by atoms with Crippen molar-refractivity contribution < 1.29 is 14.7 Å². The van der Waals surface area contributed by atoms with E-state index in [2.05, 4.69) is 15.5 Å². The minimum atomic E-state index is -0.923. The number of nitrogens with zero attached hydrogens (tertiary/aromatic N) is 5. The molecule has 1 fully saturated rings. The molecule has 1 N–H and O–H groups in total. The van der Waals surface area contributed by atoms with Crippen LogP contribution in [0.3, 0.4) is 0 Å². The lowest BCUT2D eigenvalue weighted by Crippen LogP contribution is -2.53. The number of aryl methyl sites for hydroxylation is 1. The highest BCUT2D eigenvalue weighted by Crippen LogP contribution is 2.36. The van der Waals surface area contributed by atoms with Crippen molar-refractivity contribution in [3.8, 4) is 0 Å². The summed E-state index contributed by atoms with van der Waals surface area (Å²) in [6.45, 7) is 4.29. The Morgan fingerprint density at radius 2 is 2.10 bits per heavy atom. The highest BCUT2D eigenvalue weighted by molar-refractivity contribution is 5.86. The highest BCUT2D eigenvalue weighted by atomic mass is 16.4. The van der Waals surface area contributed by atoms with Gasteiger partial charge in [-0.15, -0.1) is 5.10 Å². The van der Waals surface area contributed by atoms with Gasteiger partial charge in [0.25, 0.3) is 0 Å². The maximum atomic E-state index is 12.8. The molecule has 114 valence electrons. The molecule has 0 bridgehead atoms. The molecule has 0 saturated carbocycles. The molecule has 2 aliphatic rings. The van der Waals surface area contributed by atoms with Crippen LogP contribution >= 0.6 is 0 Å². The van der Waals surface area contributed by atoms with Crippen molar-refractivity contribution >= 4 is 11.9 Å². The van der Waals surface area contributed by atoms with Gasteiger partial charge in [-0.05, 0) is 43.5 Å². The average molecular weight is 293 g/mol. The summed E-state index contributed by atoms with van der Waals surface area (Å²) in [5.74, 6) is -0.478. The number of tetrazole rings is 1. The number of likely N-dealkylation sites (tertiary alicyclic amines) is 1. The number of aliphatic carboxylic acids is 1. The first-order valence-electron chi connectivity index (χ1n) is 7.21. The van der Waals surface area contributed by atoms with Gasteiger partial charge in [0.05, 0.1) is 12.5 Å². The Balaban J connectivity index is 1.82. The molecule has 2 unspecified atom stereocenters. The molecule has 2 aliphatic heterocycles. The summed E-state index contributed by atoms with van der Waals surface area (Å²) < 4.78 is 1.64. The fourth-order valence-electron chi connectivity index (χ4n) is 3.39. The van der Waals surface area contributed by atoms with E-state index < -0.39 is 17.6 Å². The zero-order valence-corrected chi connectivity index (χ0v) is 12.2. The lowest BCUT2D eigenvalue weighted by Gasteiger charge is -2.37. The molecule has 0 aliphatic carbocycles. The Kier molecular flexibility index (Phi) is 3.18. The van der Waals surface area contributed by atoms with Crippen molar-refractivity contribution in [2.45, 2.75) is 57.7 Å². The van der Waals surface area contributed by atoms with Gasteiger partial charge in [0.15, 0.2) is 5.82 Å². The predicted molar refractivity (Wildman–Crippen MR) is 71.2 cm³/mol. The summed E-state index contributed by atoms with van der Waals surface area (Å²) in [7, 11) is 0. The highest BCUT2D eigenvalue weighted by Gasteiger charge is 2.47. The summed E-state index contributed by atoms with van der Waals surface area (Å²) in [6.07, 6.45) is 2.53. The monoisotopic (exact) mass is 293 g/mol. The molecule has 0 aromatic carbocycles. The number of amides is 1. The van der Waals surface area contributed by atoms with Crippen LogP contribution in [0.4, 0.5) is 0 Å². The first-order chi connectivity index (χ1) is 9.90. The molecule has 21 heavy (non-hydrogen) atoms. The van der Waals surface area contributed by atoms with Crippen LogP contribution in [-0.4, -0.2) is 53.7 Å². The molecule has 0 radical (unpaired) electrons. The Morgan fingerprint density at radius 1 is 1.33 bits per heavy atom. The number of hydrogen-bond donors (Lipinski definition) is 1. The van der Waals surface area contributed by atoms with Gasteiger partial charge >= 0.3 is 5.97 Å². The lowest BCUT2D eigenvalue weighted by molar-refractivity contribution is -0.154. The van der Waals surface area contributed by atoms with Crippen LogP contribution < -0.4 is 0 Å². The van der Waals surface area contributed by atoms with Crippen LogP contribution in [0.5, 0.6) is 0 Å². The smallest absolute Gasteiger partial charge is 0.326 e. The lowest BCUT2D eigenvalue weighted by atomic mass is 9.95. The fraction of sp³-hybridized carbons (Fsp3) is 0.769. The predicted octanol–water partition coefficient (Wildman–Crippen LogP) is 0.0897. The zero-order valence-electron chi connectivity index (χ0n) is 12.2. The number of carbonyl (C=O) groups is 2. The molecule has 2 atom stereocenters. The normalized spacial score (nSPS) is 27.4. The molecule has 1 saturated heterocycles. The molecule has 0 spiro atoms. The summed E-state index contributed by atoms with van der Waals surface area (Å²) in [5.41, 5.74) is -0.416. The van der Waals surface area contributed by atoms with Gasteiger partial charge in [-0.2, -0.15) is 0 Å². The maximum absolute atomic E-state index is 12.8. The van der Waals surface area contributed by atoms with Crippen LogP contribution in [0.2, 0.25) is 0 Å². The van der Waals surface area contributed by atoms with Crippen LogP contribution in [0.1, 0.15) is 38.9 Å². The fourth-order valence-corrected chi connectivity index (χ4v) is 3.39. The molecular weight excluding hydrogens is 274 g/mol. The zero-order chi connectivity index (χ0) is 15.2. The Labute approximate surface area is 122 Å². The first kappa shape index (κ1) is 14.0. The molecule has 3 rings (SSSR count). The third-order valence-corrected chi connectivity index (χ3v) is 4.58. The minimum absolute atomic E-state index is 0.0916. The van der Waals surface area contributed by atoms with Crippen molar-refractivity contribution in [3.05, 3.63) is 5.82 Å². The Morgan fingerprint density at radius 3 is 2.81 bits per heavy atom. The van der Waals surface area contributed by atoms with E-state index in [-0.39, 0.29) is 11.8 Å². The number of carbonyl (C=O) groups excluding carboxylic acids is 1. The topological polar surface area (TPSA) is 101 Å². The number of hydrogen-bond acceptors (Lipinski definition) is 5. The van der Waals surface area contributed by atoms with Gasteiger partial charge in [-0.25, -0.2) is 9.48 Å². The van der Waals surface area contributed by atoms with E-state index in [1.54, 1.807) is 9.58 Å². The molecule has 1 aromatic rings. The Hall–Kier alpha value is -1.99. The second kappa shape index (κ2) is 4.78. The minimum Gasteiger partial charge on any atom is -0.480 e. The molecule has 1 aromatic heterocycles. The number of carboxylic acids is 1. The summed E-state index contributed by atoms with van der Waals surface area (Å²) in [6, 6.07) is -0.720.